The molecule has 3 aromatic rings. The minimum Gasteiger partial charge on any atom is -0.366 e. The van der Waals surface area contributed by atoms with Crippen LogP contribution in [0.15, 0.2) is 36.4 Å². The highest BCUT2D eigenvalue weighted by atomic mass is 32.2. The highest BCUT2D eigenvalue weighted by Crippen LogP contribution is 2.36. The van der Waals surface area contributed by atoms with Gasteiger partial charge in [0.05, 0.1) is 5.56 Å². The molecular weight excluding hydrogens is 523 g/mol. The van der Waals surface area contributed by atoms with Crippen molar-refractivity contribution in [2.24, 2.45) is 5.73 Å². The van der Waals surface area contributed by atoms with Crippen LogP contribution in [0.25, 0.3) is 22.0 Å². The van der Waals surface area contributed by atoms with E-state index in [4.69, 9.17) is 5.73 Å². The first kappa shape index (κ1) is 27.7. The minimum atomic E-state index is -0.525. The molecule has 0 bridgehead atoms. The van der Waals surface area contributed by atoms with Crippen LogP contribution >= 0.6 is 11.9 Å². The quantitative estimate of drug-likeness (QED) is 0.364. The van der Waals surface area contributed by atoms with Crippen LogP contribution in [0.2, 0.25) is 0 Å². The summed E-state index contributed by atoms with van der Waals surface area (Å²) in [4.78, 5) is 17.7. The van der Waals surface area contributed by atoms with Crippen molar-refractivity contribution in [1.82, 2.24) is 24.3 Å². The number of fused-ring (bicyclic) bond motifs is 1. The molecule has 0 saturated carbocycles. The largest absolute Gasteiger partial charge is 0.366 e. The number of primary amides is 1. The molecule has 0 atom stereocenters. The van der Waals surface area contributed by atoms with E-state index in [9.17, 15) is 9.18 Å². The number of hydrogen-bond acceptors (Lipinski definition) is 6. The molecule has 9 heteroatoms. The maximum atomic E-state index is 13.9. The van der Waals surface area contributed by atoms with Gasteiger partial charge in [-0.05, 0) is 100 Å². The molecule has 0 radical (unpaired) electrons. The first-order chi connectivity index (χ1) is 19.5. The summed E-state index contributed by atoms with van der Waals surface area (Å²) in [7, 11) is 0. The summed E-state index contributed by atoms with van der Waals surface area (Å²) in [5.41, 5.74) is 9.24. The Bertz CT molecular complexity index is 1310. The standard InChI is InChI=1S/C31H41FN6OS/c32-25-6-4-5-23(19-25)24-20-27-29(34-35-30(27)28(21-24)31(33)39)22-7-15-38(16-8-22)40-18-17-36-13-9-26(10-14-36)37-11-2-1-3-12-37/h4-6,19-22,26H,1-3,7-18H2,(H2,33,39)(H,34,35). The fourth-order valence-corrected chi connectivity index (χ4v) is 7.90. The van der Waals surface area contributed by atoms with Crippen molar-refractivity contribution in [1.29, 1.82) is 0 Å². The van der Waals surface area contributed by atoms with E-state index in [2.05, 4.69) is 24.3 Å². The number of carbonyl (C=O) groups excluding carboxylic acids is 1. The van der Waals surface area contributed by atoms with Crippen LogP contribution in [0.5, 0.6) is 0 Å². The Labute approximate surface area is 240 Å². The monoisotopic (exact) mass is 564 g/mol. The van der Waals surface area contributed by atoms with E-state index in [0.29, 0.717) is 17.0 Å². The van der Waals surface area contributed by atoms with Crippen LogP contribution in [-0.2, 0) is 0 Å². The van der Waals surface area contributed by atoms with Gasteiger partial charge in [0.15, 0.2) is 0 Å². The van der Waals surface area contributed by atoms with E-state index >= 15 is 0 Å². The number of hydrogen-bond donors (Lipinski definition) is 2. The van der Waals surface area contributed by atoms with E-state index in [1.807, 2.05) is 24.1 Å². The third kappa shape index (κ3) is 6.22. The summed E-state index contributed by atoms with van der Waals surface area (Å²) >= 11 is 1.99. The molecular formula is C31H41FN6OS. The first-order valence-electron chi connectivity index (χ1n) is 15.0. The zero-order chi connectivity index (χ0) is 27.5. The molecule has 1 amide bonds. The molecule has 3 aliphatic heterocycles. The van der Waals surface area contributed by atoms with Crippen LogP contribution < -0.4 is 5.73 Å². The summed E-state index contributed by atoms with van der Waals surface area (Å²) in [6.07, 6.45) is 8.89. The molecule has 0 unspecified atom stereocenters. The summed E-state index contributed by atoms with van der Waals surface area (Å²) in [5, 5.41) is 8.64. The average Bonchev–Trinajstić information content (AvgIpc) is 3.42. The number of aromatic amines is 1. The third-order valence-electron chi connectivity index (χ3n) is 9.12. The van der Waals surface area contributed by atoms with E-state index < -0.39 is 5.91 Å². The highest BCUT2D eigenvalue weighted by molar-refractivity contribution is 7.97. The smallest absolute Gasteiger partial charge is 0.251 e. The van der Waals surface area contributed by atoms with E-state index in [1.165, 1.54) is 77.0 Å². The third-order valence-corrected chi connectivity index (χ3v) is 10.2. The van der Waals surface area contributed by atoms with Crippen LogP contribution in [0, 0.1) is 5.82 Å². The Morgan fingerprint density at radius 3 is 2.48 bits per heavy atom. The van der Waals surface area contributed by atoms with Crippen LogP contribution in [0.4, 0.5) is 4.39 Å². The summed E-state index contributed by atoms with van der Waals surface area (Å²) in [6.45, 7) is 8.32. The van der Waals surface area contributed by atoms with Gasteiger partial charge in [-0.25, -0.2) is 4.39 Å². The van der Waals surface area contributed by atoms with Gasteiger partial charge in [-0.2, -0.15) is 5.10 Å². The normalized spacial score (nSPS) is 20.8. The second-order valence-corrected chi connectivity index (χ2v) is 12.8. The van der Waals surface area contributed by atoms with Crippen LogP contribution in [-0.4, -0.2) is 87.8 Å². The van der Waals surface area contributed by atoms with E-state index in [-0.39, 0.29) is 5.82 Å². The Morgan fingerprint density at radius 1 is 0.975 bits per heavy atom. The Kier molecular flexibility index (Phi) is 8.72. The van der Waals surface area contributed by atoms with Gasteiger partial charge in [-0.15, -0.1) is 0 Å². The lowest BCUT2D eigenvalue weighted by atomic mass is 9.90. The second-order valence-electron chi connectivity index (χ2n) is 11.6. The fourth-order valence-electron chi connectivity index (χ4n) is 6.83. The SMILES string of the molecule is NC(=O)c1cc(-c2cccc(F)c2)cc2c(C3CCN(SCCN4CCC(N5CCCCC5)CC4)CC3)[nH]nc12. The molecule has 40 heavy (non-hydrogen) atoms. The predicted octanol–water partition coefficient (Wildman–Crippen LogP) is 5.25. The molecule has 3 aliphatic rings. The Morgan fingerprint density at radius 2 is 1.75 bits per heavy atom. The molecule has 0 aliphatic carbocycles. The molecule has 0 spiro atoms. The molecule has 214 valence electrons. The van der Waals surface area contributed by atoms with Crippen LogP contribution in [0.3, 0.4) is 0 Å². The number of halogens is 1. The highest BCUT2D eigenvalue weighted by Gasteiger charge is 2.27. The van der Waals surface area contributed by atoms with Crippen LogP contribution in [0.1, 0.15) is 66.9 Å². The number of piperidine rings is 3. The Hall–Kier alpha value is -2.46. The first-order valence-corrected chi connectivity index (χ1v) is 15.9. The number of carbonyl (C=O) groups is 1. The topological polar surface area (TPSA) is 81.5 Å². The maximum absolute atomic E-state index is 13.9. The van der Waals surface area contributed by atoms with Gasteiger partial charge in [0.2, 0.25) is 0 Å². The number of aromatic nitrogens is 2. The van der Waals surface area contributed by atoms with E-state index in [0.717, 1.165) is 59.9 Å². The Balaban J connectivity index is 1.03. The molecule has 1 aromatic heterocycles. The number of rotatable bonds is 8. The van der Waals surface area contributed by atoms with Gasteiger partial charge in [0, 0.05) is 48.4 Å². The van der Waals surface area contributed by atoms with Crippen molar-refractivity contribution in [2.75, 3.05) is 51.6 Å². The van der Waals surface area contributed by atoms with Crippen molar-refractivity contribution in [3.8, 4) is 11.1 Å². The molecule has 7 nitrogen and oxygen atoms in total. The van der Waals surface area contributed by atoms with Gasteiger partial charge in [0.1, 0.15) is 11.3 Å². The molecule has 3 fully saturated rings. The molecule has 2 aromatic carbocycles. The van der Waals surface area contributed by atoms with Crippen molar-refractivity contribution >= 4 is 28.8 Å². The summed E-state index contributed by atoms with van der Waals surface area (Å²) in [5.74, 6) is 0.644. The number of H-pyrrole nitrogens is 1. The molecule has 6 rings (SSSR count). The number of benzene rings is 2. The van der Waals surface area contributed by atoms with Crippen molar-refractivity contribution in [2.45, 2.75) is 56.9 Å². The fraction of sp³-hybridized carbons (Fsp3) is 0.548. The zero-order valence-electron chi connectivity index (χ0n) is 23.3. The van der Waals surface area contributed by atoms with Gasteiger partial charge in [-0.3, -0.25) is 14.2 Å². The summed E-state index contributed by atoms with van der Waals surface area (Å²) in [6, 6.07) is 11.0. The minimum absolute atomic E-state index is 0.308. The number of nitrogens with one attached hydrogen (secondary N) is 1. The lowest BCUT2D eigenvalue weighted by molar-refractivity contribution is 0.0953. The second kappa shape index (κ2) is 12.6. The number of nitrogens with zero attached hydrogens (tertiary/aromatic N) is 4. The van der Waals surface area contributed by atoms with Crippen molar-refractivity contribution in [3.05, 3.63) is 53.5 Å². The van der Waals surface area contributed by atoms with Gasteiger partial charge < -0.3 is 15.5 Å². The predicted molar refractivity (Wildman–Crippen MR) is 161 cm³/mol. The summed E-state index contributed by atoms with van der Waals surface area (Å²) < 4.78 is 16.4. The molecule has 3 N–H and O–H groups in total. The van der Waals surface area contributed by atoms with Crippen molar-refractivity contribution < 1.29 is 9.18 Å². The average molecular weight is 565 g/mol. The zero-order valence-corrected chi connectivity index (χ0v) is 24.1. The van der Waals surface area contributed by atoms with Crippen molar-refractivity contribution in [3.63, 3.8) is 0 Å². The molecule has 4 heterocycles. The van der Waals surface area contributed by atoms with Gasteiger partial charge in [0.25, 0.3) is 5.91 Å². The van der Waals surface area contributed by atoms with Gasteiger partial charge in [-0.1, -0.05) is 30.5 Å². The lowest BCUT2D eigenvalue weighted by Gasteiger charge is -2.40. The lowest BCUT2D eigenvalue weighted by Crippen LogP contribution is -2.47. The number of nitrogens with two attached hydrogens (primary N) is 1. The van der Waals surface area contributed by atoms with E-state index in [1.54, 1.807) is 12.1 Å². The number of amides is 1. The maximum Gasteiger partial charge on any atom is 0.251 e. The number of likely N-dealkylation sites (tertiary alicyclic amines) is 2. The molecule has 3 saturated heterocycles. The van der Waals surface area contributed by atoms with Gasteiger partial charge >= 0.3 is 0 Å².